The summed E-state index contributed by atoms with van der Waals surface area (Å²) in [5.74, 6) is 0.935. The number of benzene rings is 1. The van der Waals surface area contributed by atoms with E-state index in [4.69, 9.17) is 4.42 Å². The molecule has 1 aliphatic rings. The van der Waals surface area contributed by atoms with Gasteiger partial charge in [-0.15, -0.1) is 23.1 Å². The quantitative estimate of drug-likeness (QED) is 0.630. The van der Waals surface area contributed by atoms with Crippen LogP contribution in [0.1, 0.15) is 10.6 Å². The molecule has 0 radical (unpaired) electrons. The Morgan fingerprint density at radius 3 is 2.78 bits per heavy atom. The number of thioether (sulfide) groups is 1. The van der Waals surface area contributed by atoms with Gasteiger partial charge in [0.25, 0.3) is 0 Å². The fourth-order valence-electron chi connectivity index (χ4n) is 2.98. The maximum atomic E-state index is 13.1. The lowest BCUT2D eigenvalue weighted by atomic mass is 10.2. The normalized spacial score (nSPS) is 13.5. The van der Waals surface area contributed by atoms with Gasteiger partial charge in [-0.25, -0.2) is 0 Å². The summed E-state index contributed by atoms with van der Waals surface area (Å²) in [5.41, 5.74) is 0.807. The molecule has 2 amide bonds. The number of thiophene rings is 1. The van der Waals surface area contributed by atoms with Gasteiger partial charge in [0.05, 0.1) is 30.8 Å². The number of nitrogens with zero attached hydrogens (tertiary/aromatic N) is 2. The maximum Gasteiger partial charge on any atom is 0.243 e. The zero-order chi connectivity index (χ0) is 18.6. The van der Waals surface area contributed by atoms with E-state index < -0.39 is 0 Å². The monoisotopic (exact) mass is 398 g/mol. The van der Waals surface area contributed by atoms with Crippen LogP contribution in [-0.2, 0) is 22.7 Å². The smallest absolute Gasteiger partial charge is 0.243 e. The summed E-state index contributed by atoms with van der Waals surface area (Å²) in [6.07, 6.45) is 1.60. The Hall–Kier alpha value is -2.51. The van der Waals surface area contributed by atoms with Crippen molar-refractivity contribution in [3.05, 3.63) is 70.8 Å². The molecule has 0 aliphatic carbocycles. The molecule has 0 saturated heterocycles. The van der Waals surface area contributed by atoms with Crippen molar-refractivity contribution < 1.29 is 14.0 Å². The molecule has 3 aromatic rings. The topological polar surface area (TPSA) is 53.8 Å². The van der Waals surface area contributed by atoms with E-state index in [0.29, 0.717) is 18.8 Å². The third-order valence-corrected chi connectivity index (χ3v) is 6.22. The van der Waals surface area contributed by atoms with Gasteiger partial charge in [-0.05, 0) is 35.7 Å². The second-order valence-electron chi connectivity index (χ2n) is 6.14. The fourth-order valence-corrected chi connectivity index (χ4v) is 4.63. The van der Waals surface area contributed by atoms with Crippen LogP contribution >= 0.6 is 23.1 Å². The number of carbonyl (C=O) groups is 2. The van der Waals surface area contributed by atoms with Crippen LogP contribution in [0.15, 0.2) is 69.5 Å². The summed E-state index contributed by atoms with van der Waals surface area (Å²) in [5, 5.41) is 1.99. The molecule has 5 nitrogen and oxygen atoms in total. The lowest BCUT2D eigenvalue weighted by Gasteiger charge is -2.30. The highest BCUT2D eigenvalue weighted by molar-refractivity contribution is 8.00. The molecule has 0 atom stereocenters. The van der Waals surface area contributed by atoms with E-state index in [2.05, 4.69) is 0 Å². The number of para-hydroxylation sites is 1. The Balaban J connectivity index is 1.55. The van der Waals surface area contributed by atoms with Crippen molar-refractivity contribution in [3.8, 4) is 0 Å². The third kappa shape index (κ3) is 4.09. The summed E-state index contributed by atoms with van der Waals surface area (Å²) in [4.78, 5) is 31.0. The molecule has 0 saturated carbocycles. The lowest BCUT2D eigenvalue weighted by molar-refractivity contribution is -0.132. The summed E-state index contributed by atoms with van der Waals surface area (Å²) in [6.45, 7) is 0.903. The number of rotatable bonds is 6. The number of anilines is 1. The molecule has 0 spiro atoms. The number of hydrogen-bond donors (Lipinski definition) is 0. The van der Waals surface area contributed by atoms with Gasteiger partial charge in [-0.1, -0.05) is 18.2 Å². The first-order valence-corrected chi connectivity index (χ1v) is 10.4. The molecule has 2 aromatic heterocycles. The number of carbonyl (C=O) groups excluding carboxylic acids is 2. The van der Waals surface area contributed by atoms with Gasteiger partial charge in [-0.3, -0.25) is 9.59 Å². The van der Waals surface area contributed by atoms with Crippen LogP contribution in [-0.4, -0.2) is 29.0 Å². The van der Waals surface area contributed by atoms with Gasteiger partial charge < -0.3 is 14.2 Å². The highest BCUT2D eigenvalue weighted by Gasteiger charge is 2.28. The molecule has 138 valence electrons. The van der Waals surface area contributed by atoms with Crippen LogP contribution in [0.3, 0.4) is 0 Å². The average molecular weight is 399 g/mol. The average Bonchev–Trinajstić information content (AvgIpc) is 3.37. The zero-order valence-corrected chi connectivity index (χ0v) is 16.2. The van der Waals surface area contributed by atoms with Gasteiger partial charge in [0, 0.05) is 9.77 Å². The summed E-state index contributed by atoms with van der Waals surface area (Å²) in [7, 11) is 0. The minimum absolute atomic E-state index is 0.0302. The largest absolute Gasteiger partial charge is 0.467 e. The molecule has 27 heavy (non-hydrogen) atoms. The molecule has 1 aromatic carbocycles. The van der Waals surface area contributed by atoms with E-state index in [0.717, 1.165) is 21.2 Å². The van der Waals surface area contributed by atoms with E-state index in [-0.39, 0.29) is 18.4 Å². The predicted molar refractivity (Wildman–Crippen MR) is 107 cm³/mol. The zero-order valence-electron chi connectivity index (χ0n) is 14.5. The number of hydrogen-bond acceptors (Lipinski definition) is 5. The Kier molecular flexibility index (Phi) is 5.31. The summed E-state index contributed by atoms with van der Waals surface area (Å²) < 4.78 is 5.43. The fraction of sp³-hybridized carbons (Fsp3) is 0.200. The Bertz CT molecular complexity index is 886. The minimum Gasteiger partial charge on any atom is -0.467 e. The number of fused-ring (bicyclic) bond motifs is 1. The van der Waals surface area contributed by atoms with Crippen LogP contribution in [0.2, 0.25) is 0 Å². The van der Waals surface area contributed by atoms with Crippen molar-refractivity contribution in [2.24, 2.45) is 0 Å². The molecule has 3 heterocycles. The van der Waals surface area contributed by atoms with Crippen LogP contribution < -0.4 is 4.90 Å². The van der Waals surface area contributed by atoms with E-state index in [9.17, 15) is 9.59 Å². The molecule has 0 N–H and O–H groups in total. The Morgan fingerprint density at radius 1 is 1.11 bits per heavy atom. The molecular weight excluding hydrogens is 380 g/mol. The summed E-state index contributed by atoms with van der Waals surface area (Å²) in [6, 6.07) is 15.3. The van der Waals surface area contributed by atoms with Crippen LogP contribution in [0.4, 0.5) is 5.69 Å². The Morgan fingerprint density at radius 2 is 2.00 bits per heavy atom. The van der Waals surface area contributed by atoms with Gasteiger partial charge in [0.2, 0.25) is 11.8 Å². The molecule has 0 unspecified atom stereocenters. The van der Waals surface area contributed by atoms with Crippen molar-refractivity contribution in [2.75, 3.05) is 17.2 Å². The molecule has 0 fully saturated rings. The SMILES string of the molecule is O=C(CN1C(=O)CSc2ccccc21)N(Cc1ccco1)Cc1cccs1. The third-order valence-electron chi connectivity index (χ3n) is 4.31. The van der Waals surface area contributed by atoms with Gasteiger partial charge in [0.1, 0.15) is 12.3 Å². The van der Waals surface area contributed by atoms with E-state index >= 15 is 0 Å². The highest BCUT2D eigenvalue weighted by atomic mass is 32.2. The van der Waals surface area contributed by atoms with E-state index in [1.165, 1.54) is 11.8 Å². The van der Waals surface area contributed by atoms with E-state index in [1.54, 1.807) is 27.4 Å². The molecule has 1 aliphatic heterocycles. The first-order chi connectivity index (χ1) is 13.2. The van der Waals surface area contributed by atoms with Gasteiger partial charge in [0.15, 0.2) is 0 Å². The predicted octanol–water partition coefficient (Wildman–Crippen LogP) is 4.01. The van der Waals surface area contributed by atoms with Crippen molar-refractivity contribution in [2.45, 2.75) is 18.0 Å². The molecule has 7 heteroatoms. The number of amides is 2. The first-order valence-electron chi connectivity index (χ1n) is 8.55. The van der Waals surface area contributed by atoms with Crippen LogP contribution in [0.25, 0.3) is 0 Å². The summed E-state index contributed by atoms with van der Waals surface area (Å²) >= 11 is 3.12. The second-order valence-corrected chi connectivity index (χ2v) is 8.19. The van der Waals surface area contributed by atoms with Crippen molar-refractivity contribution in [3.63, 3.8) is 0 Å². The van der Waals surface area contributed by atoms with Crippen molar-refractivity contribution in [1.29, 1.82) is 0 Å². The number of furan rings is 1. The maximum absolute atomic E-state index is 13.1. The molecule has 0 bridgehead atoms. The Labute approximate surface area is 165 Å². The van der Waals surface area contributed by atoms with Gasteiger partial charge >= 0.3 is 0 Å². The lowest BCUT2D eigenvalue weighted by Crippen LogP contribution is -2.44. The highest BCUT2D eigenvalue weighted by Crippen LogP contribution is 2.34. The van der Waals surface area contributed by atoms with E-state index in [1.807, 2.05) is 53.9 Å². The molecule has 4 rings (SSSR count). The first kappa shape index (κ1) is 17.9. The van der Waals surface area contributed by atoms with Crippen molar-refractivity contribution in [1.82, 2.24) is 4.90 Å². The molecular formula is C20H18N2O3S2. The van der Waals surface area contributed by atoms with Gasteiger partial charge in [-0.2, -0.15) is 0 Å². The van der Waals surface area contributed by atoms with Crippen molar-refractivity contribution >= 4 is 40.6 Å². The second kappa shape index (κ2) is 8.02. The van der Waals surface area contributed by atoms with Crippen LogP contribution in [0.5, 0.6) is 0 Å². The standard InChI is InChI=1S/C20H18N2O3S2/c23-19(13-22-17-7-1-2-8-18(17)27-14-20(22)24)21(11-15-5-3-9-25-15)12-16-6-4-10-26-16/h1-10H,11-14H2. The minimum atomic E-state index is -0.102. The van der Waals surface area contributed by atoms with Crippen LogP contribution in [0, 0.1) is 0 Å².